The lowest BCUT2D eigenvalue weighted by Crippen LogP contribution is -3.14. The average Bonchev–Trinajstić information content (AvgIpc) is 2.65. The van der Waals surface area contributed by atoms with Gasteiger partial charge in [0.15, 0.2) is 16.6 Å². The Morgan fingerprint density at radius 1 is 1.27 bits per heavy atom. The number of quaternary nitrogens is 1. The maximum absolute atomic E-state index is 12.3. The van der Waals surface area contributed by atoms with Crippen LogP contribution >= 0.6 is 12.2 Å². The lowest BCUT2D eigenvalue weighted by molar-refractivity contribution is -0.908. The van der Waals surface area contributed by atoms with Crippen LogP contribution in [0.2, 0.25) is 0 Å². The van der Waals surface area contributed by atoms with E-state index in [-0.39, 0.29) is 11.5 Å². The van der Waals surface area contributed by atoms with Gasteiger partial charge in [-0.3, -0.25) is 0 Å². The summed E-state index contributed by atoms with van der Waals surface area (Å²) in [5, 5.41) is 6.84. The zero-order valence-electron chi connectivity index (χ0n) is 14.9. The number of hydrogen-bond donors (Lipinski definition) is 3. The van der Waals surface area contributed by atoms with Crippen LogP contribution in [0.4, 0.5) is 8.78 Å². The Morgan fingerprint density at radius 2 is 2.04 bits per heavy atom. The molecule has 0 saturated carbocycles. The summed E-state index contributed by atoms with van der Waals surface area (Å²) in [4.78, 5) is 1.56. The van der Waals surface area contributed by atoms with E-state index in [9.17, 15) is 8.78 Å². The van der Waals surface area contributed by atoms with Crippen LogP contribution in [0.3, 0.4) is 0 Å². The molecular weight excluding hydrogens is 364 g/mol. The van der Waals surface area contributed by atoms with Gasteiger partial charge in [-0.05, 0) is 29.9 Å². The third kappa shape index (κ3) is 7.27. The van der Waals surface area contributed by atoms with E-state index in [1.54, 1.807) is 17.0 Å². The summed E-state index contributed by atoms with van der Waals surface area (Å²) in [6.45, 7) is 3.30. The summed E-state index contributed by atoms with van der Waals surface area (Å²) in [6, 6.07) is 4.80. The normalized spacial score (nSPS) is 14.9. The molecule has 0 bridgehead atoms. The predicted molar refractivity (Wildman–Crippen MR) is 98.1 cm³/mol. The highest BCUT2D eigenvalue weighted by molar-refractivity contribution is 7.80. The Bertz CT molecular complexity index is 572. The van der Waals surface area contributed by atoms with E-state index < -0.39 is 6.61 Å². The quantitative estimate of drug-likeness (QED) is 0.423. The SMILES string of the molecule is COc1cc(CNC(=S)NCCC[NH+]2CCOCC2)ccc1OC(F)F. The molecule has 1 aromatic carbocycles. The molecule has 0 radical (unpaired) electrons. The van der Waals surface area contributed by atoms with Gasteiger partial charge in [0, 0.05) is 19.5 Å². The first kappa shape index (κ1) is 20.6. The van der Waals surface area contributed by atoms with E-state index in [1.165, 1.54) is 13.2 Å². The van der Waals surface area contributed by atoms with Crippen molar-refractivity contribution < 1.29 is 27.9 Å². The maximum Gasteiger partial charge on any atom is 0.387 e. The maximum atomic E-state index is 12.3. The molecule has 2 rings (SSSR count). The van der Waals surface area contributed by atoms with E-state index in [4.69, 9.17) is 21.7 Å². The first-order valence-electron chi connectivity index (χ1n) is 8.63. The molecule has 0 spiro atoms. The van der Waals surface area contributed by atoms with E-state index in [1.807, 2.05) is 0 Å². The minimum atomic E-state index is -2.89. The second-order valence-corrected chi connectivity index (χ2v) is 6.35. The highest BCUT2D eigenvalue weighted by Crippen LogP contribution is 2.29. The summed E-state index contributed by atoms with van der Waals surface area (Å²) < 4.78 is 39.5. The van der Waals surface area contributed by atoms with Gasteiger partial charge >= 0.3 is 6.61 Å². The molecule has 6 nitrogen and oxygen atoms in total. The van der Waals surface area contributed by atoms with Gasteiger partial charge in [-0.15, -0.1) is 0 Å². The Labute approximate surface area is 157 Å². The minimum Gasteiger partial charge on any atom is -0.493 e. The van der Waals surface area contributed by atoms with Crippen molar-refractivity contribution in [2.24, 2.45) is 0 Å². The van der Waals surface area contributed by atoms with Gasteiger partial charge in [-0.1, -0.05) is 6.07 Å². The van der Waals surface area contributed by atoms with Crippen LogP contribution in [0.25, 0.3) is 0 Å². The second-order valence-electron chi connectivity index (χ2n) is 5.94. The second kappa shape index (κ2) is 11.1. The third-order valence-electron chi connectivity index (χ3n) is 4.09. The highest BCUT2D eigenvalue weighted by Gasteiger charge is 2.13. The number of benzene rings is 1. The fourth-order valence-electron chi connectivity index (χ4n) is 2.71. The Kier molecular flexibility index (Phi) is 8.79. The number of halogens is 2. The number of rotatable bonds is 9. The smallest absolute Gasteiger partial charge is 0.387 e. The molecule has 1 aliphatic rings. The average molecular weight is 390 g/mol. The first-order chi connectivity index (χ1) is 12.6. The molecule has 1 heterocycles. The van der Waals surface area contributed by atoms with Gasteiger partial charge in [-0.2, -0.15) is 8.78 Å². The van der Waals surface area contributed by atoms with Gasteiger partial charge in [0.1, 0.15) is 13.1 Å². The van der Waals surface area contributed by atoms with Crippen LogP contribution in [-0.2, 0) is 11.3 Å². The monoisotopic (exact) mass is 390 g/mol. The standard InChI is InChI=1S/C17H25F2N3O3S/c1-23-15-11-13(3-4-14(15)25-16(18)19)12-21-17(26)20-5-2-6-22-7-9-24-10-8-22/h3-4,11,16H,2,5-10,12H2,1H3,(H2,20,21,26)/p+1. The summed E-state index contributed by atoms with van der Waals surface area (Å²) >= 11 is 5.26. The Balaban J connectivity index is 1.67. The molecule has 0 amide bonds. The summed E-state index contributed by atoms with van der Waals surface area (Å²) in [5.41, 5.74) is 0.852. The topological polar surface area (TPSA) is 56.2 Å². The lowest BCUT2D eigenvalue weighted by Gasteiger charge is -2.23. The number of methoxy groups -OCH3 is 1. The number of nitrogens with one attached hydrogen (secondary N) is 3. The summed E-state index contributed by atoms with van der Waals surface area (Å²) in [6.07, 6.45) is 1.03. The molecule has 9 heteroatoms. The van der Waals surface area contributed by atoms with E-state index in [0.29, 0.717) is 11.7 Å². The van der Waals surface area contributed by atoms with Crippen LogP contribution in [0.1, 0.15) is 12.0 Å². The molecule has 1 aliphatic heterocycles. The molecule has 0 unspecified atom stereocenters. The number of hydrogen-bond acceptors (Lipinski definition) is 4. The largest absolute Gasteiger partial charge is 0.493 e. The molecule has 146 valence electrons. The number of ether oxygens (including phenoxy) is 3. The van der Waals surface area contributed by atoms with E-state index in [0.717, 1.165) is 51.4 Å². The Hall–Kier alpha value is -1.71. The number of alkyl halides is 2. The molecule has 0 atom stereocenters. The summed E-state index contributed by atoms with van der Waals surface area (Å²) in [7, 11) is 1.41. The van der Waals surface area contributed by atoms with Crippen molar-refractivity contribution in [1.82, 2.24) is 10.6 Å². The third-order valence-corrected chi connectivity index (χ3v) is 4.38. The molecule has 1 aromatic rings. The highest BCUT2D eigenvalue weighted by atomic mass is 32.1. The van der Waals surface area contributed by atoms with Crippen molar-refractivity contribution in [3.8, 4) is 11.5 Å². The van der Waals surface area contributed by atoms with Crippen LogP contribution in [0.5, 0.6) is 11.5 Å². The fraction of sp³-hybridized carbons (Fsp3) is 0.588. The van der Waals surface area contributed by atoms with Crippen LogP contribution in [0.15, 0.2) is 18.2 Å². The minimum absolute atomic E-state index is 0.0116. The molecule has 3 N–H and O–H groups in total. The molecule has 1 saturated heterocycles. The molecule has 0 aromatic heterocycles. The Morgan fingerprint density at radius 3 is 2.73 bits per heavy atom. The predicted octanol–water partition coefficient (Wildman–Crippen LogP) is 0.566. The first-order valence-corrected chi connectivity index (χ1v) is 9.04. The molecule has 1 fully saturated rings. The van der Waals surface area contributed by atoms with Crippen molar-refractivity contribution in [3.05, 3.63) is 23.8 Å². The van der Waals surface area contributed by atoms with Crippen LogP contribution in [-0.4, -0.2) is 58.2 Å². The zero-order chi connectivity index (χ0) is 18.8. The van der Waals surface area contributed by atoms with Gasteiger partial charge in [0.2, 0.25) is 0 Å². The van der Waals surface area contributed by atoms with E-state index in [2.05, 4.69) is 15.4 Å². The fourth-order valence-corrected chi connectivity index (χ4v) is 2.88. The molecule has 0 aliphatic carbocycles. The number of thiocarbonyl (C=S) groups is 1. The van der Waals surface area contributed by atoms with Gasteiger partial charge in [0.25, 0.3) is 0 Å². The summed E-state index contributed by atoms with van der Waals surface area (Å²) in [5.74, 6) is 0.273. The zero-order valence-corrected chi connectivity index (χ0v) is 15.7. The van der Waals surface area contributed by atoms with E-state index >= 15 is 0 Å². The number of morpholine rings is 1. The molecular formula is C17H26F2N3O3S+. The van der Waals surface area contributed by atoms with Crippen molar-refractivity contribution in [1.29, 1.82) is 0 Å². The van der Waals surface area contributed by atoms with Crippen molar-refractivity contribution in [2.75, 3.05) is 46.5 Å². The van der Waals surface area contributed by atoms with Gasteiger partial charge in [0.05, 0.1) is 26.9 Å². The van der Waals surface area contributed by atoms with Crippen LogP contribution in [0, 0.1) is 0 Å². The lowest BCUT2D eigenvalue weighted by atomic mass is 10.2. The van der Waals surface area contributed by atoms with Gasteiger partial charge < -0.3 is 29.7 Å². The van der Waals surface area contributed by atoms with Crippen molar-refractivity contribution in [3.63, 3.8) is 0 Å². The van der Waals surface area contributed by atoms with Crippen molar-refractivity contribution >= 4 is 17.3 Å². The van der Waals surface area contributed by atoms with Crippen molar-refractivity contribution in [2.45, 2.75) is 19.6 Å². The van der Waals surface area contributed by atoms with Gasteiger partial charge in [-0.25, -0.2) is 0 Å². The molecule has 26 heavy (non-hydrogen) atoms. The van der Waals surface area contributed by atoms with Crippen LogP contribution < -0.4 is 25.0 Å².